The van der Waals surface area contributed by atoms with Gasteiger partial charge in [-0.3, -0.25) is 14.6 Å². The number of carbonyl (C=O) groups is 2. The Hall–Kier alpha value is -3.47. The Balaban J connectivity index is 1.82. The monoisotopic (exact) mass is 387 g/mol. The quantitative estimate of drug-likeness (QED) is 0.649. The minimum atomic E-state index is -0.669. The van der Waals surface area contributed by atoms with Crippen molar-refractivity contribution >= 4 is 11.8 Å². The van der Waals surface area contributed by atoms with Gasteiger partial charge < -0.3 is 10.6 Å². The summed E-state index contributed by atoms with van der Waals surface area (Å²) < 4.78 is 0. The van der Waals surface area contributed by atoms with Gasteiger partial charge in [0.05, 0.1) is 11.7 Å². The Morgan fingerprint density at radius 2 is 1.41 bits per heavy atom. The molecule has 0 fully saturated rings. The lowest BCUT2D eigenvalue weighted by Crippen LogP contribution is -2.50. The van der Waals surface area contributed by atoms with E-state index in [1.807, 2.05) is 68.4 Å². The largest absolute Gasteiger partial charge is 0.342 e. The maximum atomic E-state index is 13.2. The SMILES string of the molecule is CC(C)C(NC(=O)c1ccccc1)C(=O)NC(c1ccccc1)c1ccccn1. The van der Waals surface area contributed by atoms with Gasteiger partial charge in [-0.05, 0) is 35.7 Å². The highest BCUT2D eigenvalue weighted by molar-refractivity contribution is 5.97. The highest BCUT2D eigenvalue weighted by Crippen LogP contribution is 2.20. The number of amides is 2. The van der Waals surface area contributed by atoms with Crippen molar-refractivity contribution in [3.63, 3.8) is 0 Å². The van der Waals surface area contributed by atoms with E-state index >= 15 is 0 Å². The zero-order valence-electron chi connectivity index (χ0n) is 16.6. The molecule has 3 rings (SSSR count). The zero-order chi connectivity index (χ0) is 20.6. The smallest absolute Gasteiger partial charge is 0.251 e. The fourth-order valence-electron chi connectivity index (χ4n) is 3.10. The van der Waals surface area contributed by atoms with Gasteiger partial charge in [-0.1, -0.05) is 68.4 Å². The summed E-state index contributed by atoms with van der Waals surface area (Å²) in [6.45, 7) is 3.82. The Morgan fingerprint density at radius 1 is 0.793 bits per heavy atom. The number of nitrogens with one attached hydrogen (secondary N) is 2. The number of pyridine rings is 1. The molecule has 0 radical (unpaired) electrons. The molecule has 2 unspecified atom stereocenters. The van der Waals surface area contributed by atoms with E-state index in [1.165, 1.54) is 0 Å². The van der Waals surface area contributed by atoms with Gasteiger partial charge in [-0.2, -0.15) is 0 Å². The molecule has 0 aliphatic rings. The maximum absolute atomic E-state index is 13.2. The molecule has 5 nitrogen and oxygen atoms in total. The second kappa shape index (κ2) is 9.64. The molecule has 3 aromatic rings. The van der Waals surface area contributed by atoms with Crippen LogP contribution >= 0.6 is 0 Å². The lowest BCUT2D eigenvalue weighted by Gasteiger charge is -2.26. The Labute approximate surface area is 171 Å². The van der Waals surface area contributed by atoms with Gasteiger partial charge in [-0.15, -0.1) is 0 Å². The van der Waals surface area contributed by atoms with Gasteiger partial charge in [-0.25, -0.2) is 0 Å². The molecule has 29 heavy (non-hydrogen) atoms. The number of benzene rings is 2. The van der Waals surface area contributed by atoms with Crippen LogP contribution in [-0.2, 0) is 4.79 Å². The highest BCUT2D eigenvalue weighted by Gasteiger charge is 2.28. The van der Waals surface area contributed by atoms with Crippen LogP contribution in [0.5, 0.6) is 0 Å². The van der Waals surface area contributed by atoms with E-state index in [-0.39, 0.29) is 17.7 Å². The van der Waals surface area contributed by atoms with Gasteiger partial charge in [0.1, 0.15) is 6.04 Å². The first-order valence-corrected chi connectivity index (χ1v) is 9.68. The molecule has 5 heteroatoms. The van der Waals surface area contributed by atoms with Crippen LogP contribution in [0.4, 0.5) is 0 Å². The van der Waals surface area contributed by atoms with Crippen LogP contribution in [0.3, 0.4) is 0 Å². The topological polar surface area (TPSA) is 71.1 Å². The number of hydrogen-bond donors (Lipinski definition) is 2. The van der Waals surface area contributed by atoms with Crippen molar-refractivity contribution in [3.05, 3.63) is 102 Å². The zero-order valence-corrected chi connectivity index (χ0v) is 16.6. The van der Waals surface area contributed by atoms with Crippen LogP contribution in [-0.4, -0.2) is 22.8 Å². The number of rotatable bonds is 7. The van der Waals surface area contributed by atoms with Crippen molar-refractivity contribution in [2.75, 3.05) is 0 Å². The van der Waals surface area contributed by atoms with Crippen molar-refractivity contribution < 1.29 is 9.59 Å². The van der Waals surface area contributed by atoms with Crippen LogP contribution in [0.1, 0.15) is 41.5 Å². The van der Waals surface area contributed by atoms with Crippen molar-refractivity contribution in [1.82, 2.24) is 15.6 Å². The van der Waals surface area contributed by atoms with E-state index in [9.17, 15) is 9.59 Å². The summed E-state index contributed by atoms with van der Waals surface area (Å²) >= 11 is 0. The summed E-state index contributed by atoms with van der Waals surface area (Å²) in [5, 5.41) is 5.94. The predicted octanol–water partition coefficient (Wildman–Crippen LogP) is 3.74. The van der Waals surface area contributed by atoms with Crippen LogP contribution in [0, 0.1) is 5.92 Å². The average Bonchev–Trinajstić information content (AvgIpc) is 2.77. The molecule has 0 aliphatic carbocycles. The molecule has 2 atom stereocenters. The summed E-state index contributed by atoms with van der Waals surface area (Å²) in [5.41, 5.74) is 2.19. The molecule has 2 N–H and O–H groups in total. The molecule has 2 amide bonds. The number of aromatic nitrogens is 1. The third-order valence-electron chi connectivity index (χ3n) is 4.67. The number of nitrogens with zero attached hydrogens (tertiary/aromatic N) is 1. The molecule has 0 aliphatic heterocycles. The molecule has 0 spiro atoms. The van der Waals surface area contributed by atoms with E-state index in [1.54, 1.807) is 30.5 Å². The minimum Gasteiger partial charge on any atom is -0.342 e. The summed E-state index contributed by atoms with van der Waals surface area (Å²) in [6.07, 6.45) is 1.70. The van der Waals surface area contributed by atoms with E-state index < -0.39 is 12.1 Å². The van der Waals surface area contributed by atoms with Gasteiger partial charge >= 0.3 is 0 Å². The van der Waals surface area contributed by atoms with Crippen LogP contribution in [0.2, 0.25) is 0 Å². The lowest BCUT2D eigenvalue weighted by molar-refractivity contribution is -0.124. The third kappa shape index (κ3) is 5.29. The van der Waals surface area contributed by atoms with Gasteiger partial charge in [0, 0.05) is 11.8 Å². The Bertz CT molecular complexity index is 889. The first-order valence-electron chi connectivity index (χ1n) is 9.68. The molecule has 0 saturated carbocycles. The second-order valence-corrected chi connectivity index (χ2v) is 7.17. The van der Waals surface area contributed by atoms with Gasteiger partial charge in [0.15, 0.2) is 0 Å². The molecule has 0 saturated heterocycles. The number of carbonyl (C=O) groups excluding carboxylic acids is 2. The summed E-state index contributed by atoms with van der Waals surface area (Å²) in [7, 11) is 0. The first-order chi connectivity index (χ1) is 14.1. The predicted molar refractivity (Wildman–Crippen MR) is 113 cm³/mol. The first kappa shape index (κ1) is 20.3. The standard InChI is InChI=1S/C24H25N3O2/c1-17(2)21(26-23(28)19-13-7-4-8-14-19)24(29)27-22(18-11-5-3-6-12-18)20-15-9-10-16-25-20/h3-17,21-22H,1-2H3,(H,26,28)(H,27,29). The third-order valence-corrected chi connectivity index (χ3v) is 4.67. The lowest BCUT2D eigenvalue weighted by atomic mass is 9.99. The second-order valence-electron chi connectivity index (χ2n) is 7.17. The molecular formula is C24H25N3O2. The summed E-state index contributed by atoms with van der Waals surface area (Å²) in [4.78, 5) is 30.2. The van der Waals surface area contributed by atoms with Crippen molar-refractivity contribution in [2.45, 2.75) is 25.9 Å². The van der Waals surface area contributed by atoms with E-state index in [0.29, 0.717) is 5.56 Å². The van der Waals surface area contributed by atoms with Crippen molar-refractivity contribution in [2.24, 2.45) is 5.92 Å². The fourth-order valence-corrected chi connectivity index (χ4v) is 3.10. The molecule has 1 heterocycles. The normalized spacial score (nSPS) is 12.8. The van der Waals surface area contributed by atoms with E-state index in [0.717, 1.165) is 11.3 Å². The minimum absolute atomic E-state index is 0.0807. The van der Waals surface area contributed by atoms with Crippen LogP contribution in [0.15, 0.2) is 85.1 Å². The van der Waals surface area contributed by atoms with Gasteiger partial charge in [0.25, 0.3) is 5.91 Å². The maximum Gasteiger partial charge on any atom is 0.251 e. The molecular weight excluding hydrogens is 362 g/mol. The van der Waals surface area contributed by atoms with Crippen molar-refractivity contribution in [1.29, 1.82) is 0 Å². The molecule has 0 bridgehead atoms. The molecule has 1 aromatic heterocycles. The van der Waals surface area contributed by atoms with Gasteiger partial charge in [0.2, 0.25) is 5.91 Å². The average molecular weight is 387 g/mol. The summed E-state index contributed by atoms with van der Waals surface area (Å²) in [6, 6.07) is 23.1. The number of hydrogen-bond acceptors (Lipinski definition) is 3. The fraction of sp³-hybridized carbons (Fsp3) is 0.208. The molecule has 2 aromatic carbocycles. The van der Waals surface area contributed by atoms with E-state index in [4.69, 9.17) is 0 Å². The van der Waals surface area contributed by atoms with Crippen molar-refractivity contribution in [3.8, 4) is 0 Å². The van der Waals surface area contributed by atoms with E-state index in [2.05, 4.69) is 15.6 Å². The van der Waals surface area contributed by atoms with Crippen LogP contribution in [0.25, 0.3) is 0 Å². The van der Waals surface area contributed by atoms with Crippen LogP contribution < -0.4 is 10.6 Å². The Kier molecular flexibility index (Phi) is 6.74. The highest BCUT2D eigenvalue weighted by atomic mass is 16.2. The Morgan fingerprint density at radius 3 is 2.00 bits per heavy atom. The summed E-state index contributed by atoms with van der Waals surface area (Å²) in [5.74, 6) is -0.597. The molecule has 148 valence electrons.